The Labute approximate surface area is 234 Å². The minimum absolute atomic E-state index is 0. The maximum atomic E-state index is 12.6. The van der Waals surface area contributed by atoms with Crippen LogP contribution in [-0.4, -0.2) is 70.4 Å². The van der Waals surface area contributed by atoms with E-state index in [1.165, 1.54) is 23.4 Å². The Balaban J connectivity index is 0.00000342. The molecule has 0 bridgehead atoms. The summed E-state index contributed by atoms with van der Waals surface area (Å²) in [6.45, 7) is 4.15. The van der Waals surface area contributed by atoms with Crippen LogP contribution < -0.4 is 39.9 Å². The second-order valence-corrected chi connectivity index (χ2v) is 10.5. The molecule has 0 fully saturated rings. The standard InChI is InChI=1S/C29H38N4O2.2ClH/c1-32(2,23-24-13-7-5-8-14-24)19-11-17-30-26-21-29(35)27(22-28(26)34)31-18-12-20-33(3,4)25-15-9-6-10-16-25;;/h5-10,13-16,21-22H,11-12,17-20,23H2,1-4H3;2*1H. The Hall–Kier alpha value is -2.64. The van der Waals surface area contributed by atoms with Gasteiger partial charge >= 0.3 is 0 Å². The van der Waals surface area contributed by atoms with E-state index in [-0.39, 0.29) is 36.4 Å². The van der Waals surface area contributed by atoms with Gasteiger partial charge < -0.3 is 39.9 Å². The van der Waals surface area contributed by atoms with Gasteiger partial charge in [-0.15, -0.1) is 0 Å². The molecule has 0 heterocycles. The van der Waals surface area contributed by atoms with Gasteiger partial charge in [-0.05, 0) is 12.1 Å². The molecule has 3 rings (SSSR count). The van der Waals surface area contributed by atoms with Crippen molar-refractivity contribution < 1.29 is 38.9 Å². The number of carbonyl (C=O) groups is 2. The first-order valence-electron chi connectivity index (χ1n) is 12.4. The summed E-state index contributed by atoms with van der Waals surface area (Å²) in [4.78, 5) is 25.1. The fourth-order valence-electron chi connectivity index (χ4n) is 4.38. The monoisotopic (exact) mass is 546 g/mol. The van der Waals surface area contributed by atoms with Crippen LogP contribution in [0.15, 0.2) is 84.2 Å². The van der Waals surface area contributed by atoms with Crippen molar-refractivity contribution >= 4 is 17.3 Å². The number of rotatable bonds is 13. The average Bonchev–Trinajstić information content (AvgIpc) is 2.83. The number of nitrogens with zero attached hydrogens (tertiary/aromatic N) is 2. The molecule has 0 spiro atoms. The summed E-state index contributed by atoms with van der Waals surface area (Å²) in [5.41, 5.74) is 3.33. The van der Waals surface area contributed by atoms with Crippen molar-refractivity contribution in [2.75, 3.05) is 54.4 Å². The molecule has 2 aromatic carbocycles. The van der Waals surface area contributed by atoms with Crippen molar-refractivity contribution in [2.45, 2.75) is 19.4 Å². The molecular weight excluding hydrogens is 507 g/mol. The zero-order valence-corrected chi connectivity index (χ0v) is 23.9. The molecule has 6 nitrogen and oxygen atoms in total. The van der Waals surface area contributed by atoms with E-state index >= 15 is 0 Å². The van der Waals surface area contributed by atoms with E-state index in [4.69, 9.17) is 0 Å². The van der Waals surface area contributed by atoms with Gasteiger partial charge in [-0.25, -0.2) is 0 Å². The lowest BCUT2D eigenvalue weighted by Crippen LogP contribution is -3.00. The zero-order chi connectivity index (χ0) is 25.3. The van der Waals surface area contributed by atoms with Gasteiger partial charge in [-0.1, -0.05) is 48.5 Å². The third kappa shape index (κ3) is 10.3. The van der Waals surface area contributed by atoms with Crippen molar-refractivity contribution in [3.8, 4) is 0 Å². The minimum Gasteiger partial charge on any atom is -1.00 e. The van der Waals surface area contributed by atoms with Crippen molar-refractivity contribution in [1.82, 2.24) is 15.1 Å². The van der Waals surface area contributed by atoms with Gasteiger partial charge in [-0.2, -0.15) is 0 Å². The summed E-state index contributed by atoms with van der Waals surface area (Å²) in [5, 5.41) is 6.33. The number of halogens is 2. The summed E-state index contributed by atoms with van der Waals surface area (Å²) in [7, 11) is 8.77. The second kappa shape index (κ2) is 14.9. The molecule has 8 heteroatoms. The topological polar surface area (TPSA) is 58.2 Å². The van der Waals surface area contributed by atoms with Crippen LogP contribution in [0, 0.1) is 0 Å². The molecule has 0 atom stereocenters. The molecule has 2 aromatic rings. The Kier molecular flexibility index (Phi) is 13.1. The van der Waals surface area contributed by atoms with Crippen LogP contribution in [0.5, 0.6) is 0 Å². The molecule has 0 unspecified atom stereocenters. The smallest absolute Gasteiger partial charge is 0.203 e. The number of hydrogen-bond donors (Lipinski definition) is 2. The Bertz CT molecular complexity index is 1070. The van der Waals surface area contributed by atoms with E-state index in [9.17, 15) is 9.59 Å². The van der Waals surface area contributed by atoms with Crippen LogP contribution >= 0.6 is 0 Å². The summed E-state index contributed by atoms with van der Waals surface area (Å²) >= 11 is 0. The van der Waals surface area contributed by atoms with Crippen LogP contribution in [0.1, 0.15) is 18.4 Å². The quantitative estimate of drug-likeness (QED) is 0.164. The SMILES string of the molecule is C[N+](C)(CCCNC1=CC(=O)C(NCCC[N+](C)(C)c2ccccc2)=CC1=O)Cc1ccccc1.[Cl-].[Cl-]. The third-order valence-corrected chi connectivity index (χ3v) is 6.46. The molecule has 202 valence electrons. The van der Waals surface area contributed by atoms with E-state index in [1.54, 1.807) is 0 Å². The van der Waals surface area contributed by atoms with Crippen LogP contribution in [0.25, 0.3) is 0 Å². The van der Waals surface area contributed by atoms with Crippen molar-refractivity contribution in [1.29, 1.82) is 0 Å². The maximum absolute atomic E-state index is 12.6. The van der Waals surface area contributed by atoms with Crippen LogP contribution in [0.4, 0.5) is 5.69 Å². The average molecular weight is 548 g/mol. The lowest BCUT2D eigenvalue weighted by atomic mass is 10.1. The molecule has 2 N–H and O–H groups in total. The summed E-state index contributed by atoms with van der Waals surface area (Å²) in [6.07, 6.45) is 4.64. The fraction of sp³-hybridized carbons (Fsp3) is 0.379. The molecule has 0 radical (unpaired) electrons. The second-order valence-electron chi connectivity index (χ2n) is 10.5. The summed E-state index contributed by atoms with van der Waals surface area (Å²) in [6, 6.07) is 20.8. The van der Waals surface area contributed by atoms with E-state index < -0.39 is 0 Å². The van der Waals surface area contributed by atoms with E-state index in [1.807, 2.05) is 24.3 Å². The minimum atomic E-state index is -0.149. The molecule has 0 aliphatic heterocycles. The molecular formula is C29H40Cl2N4O2. The van der Waals surface area contributed by atoms with E-state index in [2.05, 4.69) is 75.2 Å². The molecule has 0 aromatic heterocycles. The van der Waals surface area contributed by atoms with Crippen molar-refractivity contribution in [2.24, 2.45) is 0 Å². The number of ketones is 2. The van der Waals surface area contributed by atoms with Crippen LogP contribution in [0.3, 0.4) is 0 Å². The maximum Gasteiger partial charge on any atom is 0.203 e. The Morgan fingerprint density at radius 3 is 1.62 bits per heavy atom. The summed E-state index contributed by atoms with van der Waals surface area (Å²) in [5.74, 6) is -0.297. The lowest BCUT2D eigenvalue weighted by Gasteiger charge is -2.30. The number of para-hydroxylation sites is 1. The lowest BCUT2D eigenvalue weighted by molar-refractivity contribution is -0.903. The highest BCUT2D eigenvalue weighted by atomic mass is 35.5. The van der Waals surface area contributed by atoms with Gasteiger partial charge in [0.1, 0.15) is 12.2 Å². The number of benzene rings is 2. The van der Waals surface area contributed by atoms with Crippen LogP contribution in [-0.2, 0) is 16.1 Å². The van der Waals surface area contributed by atoms with Crippen molar-refractivity contribution in [3.05, 3.63) is 89.8 Å². The number of quaternary nitrogens is 2. The number of hydrogen-bond acceptors (Lipinski definition) is 4. The highest BCUT2D eigenvalue weighted by molar-refractivity contribution is 6.19. The molecule has 0 saturated heterocycles. The molecule has 0 amide bonds. The zero-order valence-electron chi connectivity index (χ0n) is 22.3. The van der Waals surface area contributed by atoms with Crippen LogP contribution in [0.2, 0.25) is 0 Å². The van der Waals surface area contributed by atoms with Gasteiger partial charge in [0.25, 0.3) is 0 Å². The first kappa shape index (κ1) is 32.4. The highest BCUT2D eigenvalue weighted by Crippen LogP contribution is 2.18. The predicted molar refractivity (Wildman–Crippen MR) is 143 cm³/mol. The molecule has 1 aliphatic rings. The molecule has 37 heavy (non-hydrogen) atoms. The van der Waals surface area contributed by atoms with Gasteiger partial charge in [0, 0.05) is 43.6 Å². The first-order valence-corrected chi connectivity index (χ1v) is 12.4. The Morgan fingerprint density at radius 2 is 1.11 bits per heavy atom. The van der Waals surface area contributed by atoms with E-state index in [0.29, 0.717) is 24.5 Å². The van der Waals surface area contributed by atoms with Crippen molar-refractivity contribution in [3.63, 3.8) is 0 Å². The number of carbonyl (C=O) groups excluding carboxylic acids is 2. The predicted octanol–water partition coefficient (Wildman–Crippen LogP) is -2.58. The molecule has 1 aliphatic carbocycles. The van der Waals surface area contributed by atoms with Gasteiger partial charge in [0.15, 0.2) is 0 Å². The molecule has 0 saturated carbocycles. The summed E-state index contributed by atoms with van der Waals surface area (Å²) < 4.78 is 1.63. The van der Waals surface area contributed by atoms with E-state index in [0.717, 1.165) is 41.4 Å². The normalized spacial score (nSPS) is 13.6. The highest BCUT2D eigenvalue weighted by Gasteiger charge is 2.22. The third-order valence-electron chi connectivity index (χ3n) is 6.46. The van der Waals surface area contributed by atoms with Gasteiger partial charge in [0.2, 0.25) is 11.6 Å². The largest absolute Gasteiger partial charge is 1.00 e. The van der Waals surface area contributed by atoms with Gasteiger partial charge in [0.05, 0.1) is 52.7 Å². The fourth-order valence-corrected chi connectivity index (χ4v) is 4.38. The Morgan fingerprint density at radius 1 is 0.649 bits per heavy atom. The first-order chi connectivity index (χ1) is 16.7. The number of nitrogens with one attached hydrogen (secondary N) is 2. The number of allylic oxidation sites excluding steroid dienone is 2. The van der Waals surface area contributed by atoms with Gasteiger partial charge in [-0.3, -0.25) is 14.1 Å².